The van der Waals surface area contributed by atoms with Crippen molar-refractivity contribution >= 4 is 11.8 Å². The Hall–Kier alpha value is -2.52. The van der Waals surface area contributed by atoms with Crippen LogP contribution in [0.1, 0.15) is 63.5 Å². The third kappa shape index (κ3) is 4.10. The summed E-state index contributed by atoms with van der Waals surface area (Å²) in [6.07, 6.45) is -4.53. The van der Waals surface area contributed by atoms with Crippen LogP contribution in [0, 0.1) is 41.4 Å². The second-order valence-corrected chi connectivity index (χ2v) is 12.5. The molecule has 3 fully saturated rings. The molecule has 10 heteroatoms. The largest absolute Gasteiger partial charge is 0.424 e. The Morgan fingerprint density at radius 1 is 0.923 bits per heavy atom. The predicted octanol–water partition coefficient (Wildman–Crippen LogP) is 6.34. The summed E-state index contributed by atoms with van der Waals surface area (Å²) in [5.74, 6) is -1.90. The van der Waals surface area contributed by atoms with Crippen LogP contribution in [0.25, 0.3) is 0 Å². The zero-order valence-corrected chi connectivity index (χ0v) is 22.2. The van der Waals surface area contributed by atoms with Crippen molar-refractivity contribution in [3.8, 4) is 0 Å². The lowest BCUT2D eigenvalue weighted by Crippen LogP contribution is -2.66. The van der Waals surface area contributed by atoms with Gasteiger partial charge in [-0.3, -0.25) is 9.59 Å². The first-order valence-electron chi connectivity index (χ1n) is 13.6. The fourth-order valence-electron chi connectivity index (χ4n) is 8.54. The van der Waals surface area contributed by atoms with Crippen molar-refractivity contribution in [3.63, 3.8) is 0 Å². The van der Waals surface area contributed by atoms with Crippen LogP contribution in [0.15, 0.2) is 36.4 Å². The first-order chi connectivity index (χ1) is 18.0. The Kier molecular flexibility index (Phi) is 6.46. The first-order valence-corrected chi connectivity index (χ1v) is 13.6. The average Bonchev–Trinajstić information content (AvgIpc) is 3.19. The van der Waals surface area contributed by atoms with Crippen LogP contribution in [-0.2, 0) is 15.1 Å². The molecule has 3 saturated carbocycles. The second kappa shape index (κ2) is 8.99. The molecule has 4 nitrogen and oxygen atoms in total. The van der Waals surface area contributed by atoms with E-state index in [0.29, 0.717) is 24.8 Å². The minimum atomic E-state index is -5.81. The van der Waals surface area contributed by atoms with Crippen molar-refractivity contribution in [3.05, 3.63) is 47.5 Å². The third-order valence-corrected chi connectivity index (χ3v) is 10.6. The molecule has 0 radical (unpaired) electrons. The number of halogens is 6. The Morgan fingerprint density at radius 3 is 2.18 bits per heavy atom. The van der Waals surface area contributed by atoms with Gasteiger partial charge >= 0.3 is 12.4 Å². The number of hydrogen-bond acceptors (Lipinski definition) is 2. The van der Waals surface area contributed by atoms with E-state index >= 15 is 0 Å². The van der Waals surface area contributed by atoms with Gasteiger partial charge in [-0.15, -0.1) is 0 Å². The molecule has 1 heterocycles. The lowest BCUT2D eigenvalue weighted by Gasteiger charge is -2.58. The summed E-state index contributed by atoms with van der Waals surface area (Å²) in [7, 11) is 0. The molecular formula is C29H34F6N2O2. The minimum Gasteiger partial charge on any atom is -0.349 e. The molecule has 2 amide bonds. The van der Waals surface area contributed by atoms with E-state index in [-0.39, 0.29) is 41.5 Å². The number of hydrogen-bond donors (Lipinski definition) is 2. The van der Waals surface area contributed by atoms with Crippen LogP contribution in [0.4, 0.5) is 26.3 Å². The van der Waals surface area contributed by atoms with Crippen LogP contribution >= 0.6 is 0 Å². The lowest BCUT2D eigenvalue weighted by atomic mass is 9.48. The predicted molar refractivity (Wildman–Crippen MR) is 132 cm³/mol. The zero-order valence-electron chi connectivity index (χ0n) is 22.2. The summed E-state index contributed by atoms with van der Waals surface area (Å²) in [5, 5.41) is 4.59. The Bertz CT molecular complexity index is 1160. The number of amides is 2. The van der Waals surface area contributed by atoms with Crippen molar-refractivity contribution in [1.82, 2.24) is 10.6 Å². The topological polar surface area (TPSA) is 58.2 Å². The van der Waals surface area contributed by atoms with E-state index in [4.69, 9.17) is 0 Å². The van der Waals surface area contributed by atoms with Crippen molar-refractivity contribution in [2.24, 2.45) is 34.5 Å². The standard InChI is InChI=1S/C29H34F6N2O2/c1-16-4-6-17(7-5-16)27(28(30,31)32,29(33,34)35)37-24(39)21-10-9-19-18-8-11-22-26(3,15-13-23(38)36-22)20(18)12-14-25(19,21)2/h4-7,13,15,18-22H,8-12,14H2,1-3H3,(H,36,38)(H,37,39)/t18?,19?,20?,21-,22-,25+,26-/m1/s1. The average molecular weight is 557 g/mol. The van der Waals surface area contributed by atoms with Gasteiger partial charge in [-0.2, -0.15) is 26.3 Å². The highest BCUT2D eigenvalue weighted by molar-refractivity contribution is 5.89. The number of nitrogens with one attached hydrogen (secondary N) is 2. The number of alkyl halides is 6. The number of carbonyl (C=O) groups excluding carboxylic acids is 2. The molecule has 214 valence electrons. The summed E-state index contributed by atoms with van der Waals surface area (Å²) in [5.41, 5.74) is -6.05. The summed E-state index contributed by atoms with van der Waals surface area (Å²) >= 11 is 0. The molecule has 1 aromatic rings. The van der Waals surface area contributed by atoms with Crippen LogP contribution < -0.4 is 10.6 Å². The van der Waals surface area contributed by atoms with E-state index < -0.39 is 40.7 Å². The van der Waals surface area contributed by atoms with Crippen molar-refractivity contribution in [1.29, 1.82) is 0 Å². The maximum atomic E-state index is 14.4. The van der Waals surface area contributed by atoms with Gasteiger partial charge in [0.15, 0.2) is 0 Å². The minimum absolute atomic E-state index is 0.00125. The smallest absolute Gasteiger partial charge is 0.349 e. The highest BCUT2D eigenvalue weighted by Gasteiger charge is 2.73. The van der Waals surface area contributed by atoms with Crippen LogP contribution in [0.2, 0.25) is 0 Å². The van der Waals surface area contributed by atoms with Gasteiger partial charge in [0.2, 0.25) is 11.8 Å². The molecule has 2 N–H and O–H groups in total. The summed E-state index contributed by atoms with van der Waals surface area (Å²) in [6, 6.07) is 3.93. The first kappa shape index (κ1) is 28.0. The lowest BCUT2D eigenvalue weighted by molar-refractivity contribution is -0.312. The quantitative estimate of drug-likeness (QED) is 0.427. The molecule has 3 aliphatic carbocycles. The number of rotatable bonds is 3. The fraction of sp³-hybridized carbons (Fsp3) is 0.655. The van der Waals surface area contributed by atoms with E-state index in [1.165, 1.54) is 17.4 Å². The summed E-state index contributed by atoms with van der Waals surface area (Å²) < 4.78 is 86.5. The normalized spacial score (nSPS) is 36.4. The van der Waals surface area contributed by atoms with Gasteiger partial charge in [-0.05, 0) is 80.3 Å². The zero-order chi connectivity index (χ0) is 28.6. The number of aryl methyl sites for hydroxylation is 1. The number of carbonyl (C=O) groups is 2. The molecule has 3 unspecified atom stereocenters. The van der Waals surface area contributed by atoms with Crippen LogP contribution in [0.3, 0.4) is 0 Å². The van der Waals surface area contributed by atoms with E-state index in [9.17, 15) is 35.9 Å². The molecule has 1 aliphatic heterocycles. The van der Waals surface area contributed by atoms with Crippen molar-refractivity contribution in [2.45, 2.75) is 83.2 Å². The summed E-state index contributed by atoms with van der Waals surface area (Å²) in [4.78, 5) is 25.5. The SMILES string of the molecule is Cc1ccc(C(NC(=O)[C@H]2CCC3C4CC[C@H]5NC(=O)C=C[C@]5(C)C4CC[C@@]32C)(C(F)(F)F)C(F)(F)F)cc1. The highest BCUT2D eigenvalue weighted by atomic mass is 19.4. The monoisotopic (exact) mass is 556 g/mol. The Morgan fingerprint density at radius 2 is 1.56 bits per heavy atom. The number of fused-ring (bicyclic) bond motifs is 5. The molecule has 0 spiro atoms. The fourth-order valence-corrected chi connectivity index (χ4v) is 8.54. The molecule has 7 atom stereocenters. The van der Waals surface area contributed by atoms with Gasteiger partial charge in [-0.25, -0.2) is 0 Å². The number of benzene rings is 1. The molecule has 4 aliphatic rings. The van der Waals surface area contributed by atoms with E-state index in [2.05, 4.69) is 12.2 Å². The van der Waals surface area contributed by atoms with Crippen molar-refractivity contribution < 1.29 is 35.9 Å². The third-order valence-electron chi connectivity index (χ3n) is 10.6. The highest BCUT2D eigenvalue weighted by Crippen LogP contribution is 2.65. The van der Waals surface area contributed by atoms with Crippen molar-refractivity contribution in [2.75, 3.05) is 0 Å². The van der Waals surface area contributed by atoms with Gasteiger partial charge in [0, 0.05) is 17.4 Å². The maximum absolute atomic E-state index is 14.4. The second-order valence-electron chi connectivity index (χ2n) is 12.5. The molecule has 5 rings (SSSR count). The van der Waals surface area contributed by atoms with E-state index in [1.807, 2.05) is 13.0 Å². The maximum Gasteiger partial charge on any atom is 0.424 e. The Balaban J connectivity index is 1.46. The van der Waals surface area contributed by atoms with Gasteiger partial charge in [0.05, 0.1) is 0 Å². The van der Waals surface area contributed by atoms with Gasteiger partial charge in [0.25, 0.3) is 5.54 Å². The molecular weight excluding hydrogens is 522 g/mol. The Labute approximate surface area is 224 Å². The van der Waals surface area contributed by atoms with Crippen LogP contribution in [-0.4, -0.2) is 30.2 Å². The van der Waals surface area contributed by atoms with Crippen LogP contribution in [0.5, 0.6) is 0 Å². The molecule has 1 aromatic carbocycles. The molecule has 0 saturated heterocycles. The molecule has 0 aromatic heterocycles. The molecule has 39 heavy (non-hydrogen) atoms. The molecule has 0 bridgehead atoms. The van der Waals surface area contributed by atoms with E-state index in [1.54, 1.807) is 13.0 Å². The summed E-state index contributed by atoms with van der Waals surface area (Å²) in [6.45, 7) is 5.55. The van der Waals surface area contributed by atoms with E-state index in [0.717, 1.165) is 25.0 Å². The van der Waals surface area contributed by atoms with Gasteiger partial charge in [0.1, 0.15) is 0 Å². The van der Waals surface area contributed by atoms with Gasteiger partial charge in [-0.1, -0.05) is 49.8 Å². The van der Waals surface area contributed by atoms with Gasteiger partial charge < -0.3 is 10.6 Å².